The second-order valence-corrected chi connectivity index (χ2v) is 13.0. The minimum Gasteiger partial charge on any atom is -0.467 e. The van der Waals surface area contributed by atoms with Crippen LogP contribution in [0.2, 0.25) is 0 Å². The van der Waals surface area contributed by atoms with E-state index in [9.17, 15) is 19.2 Å². The first-order valence-corrected chi connectivity index (χ1v) is 14.5. The summed E-state index contributed by atoms with van der Waals surface area (Å²) in [6, 6.07) is 7.18. The fraction of sp³-hybridized carbons (Fsp3) is 0.576. The van der Waals surface area contributed by atoms with Crippen molar-refractivity contribution in [2.75, 3.05) is 27.7 Å². The van der Waals surface area contributed by atoms with Gasteiger partial charge in [0.15, 0.2) is 0 Å². The first-order valence-electron chi connectivity index (χ1n) is 14.5. The zero-order valence-electron chi connectivity index (χ0n) is 27.1. The Bertz CT molecular complexity index is 1180. The van der Waals surface area contributed by atoms with Gasteiger partial charge in [-0.1, -0.05) is 97.0 Å². The molecule has 1 heterocycles. The third-order valence-corrected chi connectivity index (χ3v) is 8.09. The SMILES string of the molecule is CN[C@H](C(=O)N[C@H](C(=O)N(C)[C@H](C=C(C)C(=O)N1CC=C[C@H]1C(=O)OC)C(C)C)C(C)(C)C)C(C)(C)c1ccccc1. The third-order valence-electron chi connectivity index (χ3n) is 8.09. The van der Waals surface area contributed by atoms with E-state index in [-0.39, 0.29) is 23.6 Å². The minimum atomic E-state index is -0.824. The van der Waals surface area contributed by atoms with E-state index in [1.54, 1.807) is 44.1 Å². The molecule has 42 heavy (non-hydrogen) atoms. The number of nitrogens with one attached hydrogen (secondary N) is 2. The highest BCUT2D eigenvalue weighted by atomic mass is 16.5. The van der Waals surface area contributed by atoms with Crippen LogP contribution in [0.25, 0.3) is 0 Å². The van der Waals surface area contributed by atoms with E-state index in [4.69, 9.17) is 4.74 Å². The standard InChI is InChI=1S/C33H50N4O5/c1-21(2)25(20-22(3)29(39)37-19-15-18-24(37)31(41)42-11)36(10)30(40)27(32(4,5)6)35-28(38)26(34-9)33(7,8)23-16-13-12-14-17-23/h12-18,20-21,24-27,34H,19H2,1-11H3,(H,35,38)/t24-,25+,26+,27+/m0/s1. The normalized spacial score (nSPS) is 18.0. The first kappa shape index (κ1) is 34.7. The van der Waals surface area contributed by atoms with Crippen LogP contribution in [0.4, 0.5) is 0 Å². The molecule has 3 amide bonds. The number of rotatable bonds is 11. The maximum Gasteiger partial charge on any atom is 0.332 e. The quantitative estimate of drug-likeness (QED) is 0.235. The summed E-state index contributed by atoms with van der Waals surface area (Å²) in [5, 5.41) is 6.22. The molecule has 1 aliphatic rings. The Balaban J connectivity index is 2.33. The van der Waals surface area contributed by atoms with Gasteiger partial charge in [0.2, 0.25) is 11.8 Å². The molecule has 0 bridgehead atoms. The largest absolute Gasteiger partial charge is 0.467 e. The molecule has 2 rings (SSSR count). The summed E-state index contributed by atoms with van der Waals surface area (Å²) in [6.45, 7) is 15.7. The van der Waals surface area contributed by atoms with E-state index in [0.717, 1.165) is 5.56 Å². The van der Waals surface area contributed by atoms with E-state index in [1.807, 2.05) is 78.8 Å². The average Bonchev–Trinajstić information content (AvgIpc) is 3.43. The summed E-state index contributed by atoms with van der Waals surface area (Å²) in [7, 11) is 4.74. The molecule has 1 aromatic rings. The summed E-state index contributed by atoms with van der Waals surface area (Å²) in [6.07, 6.45) is 5.19. The van der Waals surface area contributed by atoms with Crippen molar-refractivity contribution in [2.45, 2.75) is 85.0 Å². The molecular weight excluding hydrogens is 532 g/mol. The number of benzene rings is 1. The number of carbonyl (C=O) groups is 4. The smallest absolute Gasteiger partial charge is 0.332 e. The lowest BCUT2D eigenvalue weighted by molar-refractivity contribution is -0.148. The van der Waals surface area contributed by atoms with Crippen LogP contribution < -0.4 is 10.6 Å². The Morgan fingerprint density at radius 3 is 2.14 bits per heavy atom. The second-order valence-electron chi connectivity index (χ2n) is 13.0. The number of nitrogens with zero attached hydrogens (tertiary/aromatic N) is 2. The van der Waals surface area contributed by atoms with Crippen LogP contribution in [0.15, 0.2) is 54.1 Å². The summed E-state index contributed by atoms with van der Waals surface area (Å²) in [4.78, 5) is 56.4. The van der Waals surface area contributed by atoms with Gasteiger partial charge in [0.1, 0.15) is 12.1 Å². The van der Waals surface area contributed by atoms with Gasteiger partial charge in [0, 0.05) is 24.6 Å². The molecule has 9 heteroatoms. The van der Waals surface area contributed by atoms with E-state index < -0.39 is 41.0 Å². The number of hydrogen-bond donors (Lipinski definition) is 2. The van der Waals surface area contributed by atoms with Crippen molar-refractivity contribution in [3.63, 3.8) is 0 Å². The van der Waals surface area contributed by atoms with Gasteiger partial charge in [-0.3, -0.25) is 14.4 Å². The summed E-state index contributed by atoms with van der Waals surface area (Å²) in [5.41, 5.74) is 0.275. The number of carbonyl (C=O) groups excluding carboxylic acids is 4. The van der Waals surface area contributed by atoms with Gasteiger partial charge >= 0.3 is 5.97 Å². The number of methoxy groups -OCH3 is 1. The monoisotopic (exact) mass is 582 g/mol. The first-order chi connectivity index (χ1) is 19.5. The highest BCUT2D eigenvalue weighted by Crippen LogP contribution is 2.29. The zero-order valence-corrected chi connectivity index (χ0v) is 27.1. The molecular formula is C33H50N4O5. The molecule has 4 atom stereocenters. The second kappa shape index (κ2) is 14.1. The van der Waals surface area contributed by atoms with Crippen LogP contribution in [0, 0.1) is 11.3 Å². The molecule has 0 unspecified atom stereocenters. The number of esters is 1. The predicted octanol–water partition coefficient (Wildman–Crippen LogP) is 3.45. The van der Waals surface area contributed by atoms with Gasteiger partial charge in [-0.15, -0.1) is 0 Å². The van der Waals surface area contributed by atoms with Crippen molar-refractivity contribution in [2.24, 2.45) is 11.3 Å². The maximum absolute atomic E-state index is 14.1. The minimum absolute atomic E-state index is 0.0341. The molecule has 0 saturated carbocycles. The third kappa shape index (κ3) is 7.88. The van der Waals surface area contributed by atoms with Crippen molar-refractivity contribution < 1.29 is 23.9 Å². The Labute approximate surface area is 251 Å². The fourth-order valence-corrected chi connectivity index (χ4v) is 5.44. The van der Waals surface area contributed by atoms with Crippen LogP contribution in [0.1, 0.15) is 61.0 Å². The molecule has 2 N–H and O–H groups in total. The average molecular weight is 583 g/mol. The molecule has 0 radical (unpaired) electrons. The van der Waals surface area contributed by atoms with Gasteiger partial charge in [-0.25, -0.2) is 4.79 Å². The van der Waals surface area contributed by atoms with Crippen LogP contribution in [0.3, 0.4) is 0 Å². The van der Waals surface area contributed by atoms with Crippen molar-refractivity contribution in [1.82, 2.24) is 20.4 Å². The molecule has 0 fully saturated rings. The van der Waals surface area contributed by atoms with E-state index in [2.05, 4.69) is 10.6 Å². The summed E-state index contributed by atoms with van der Waals surface area (Å²) in [5.74, 6) is -1.37. The molecule has 1 aromatic carbocycles. The van der Waals surface area contributed by atoms with Crippen molar-refractivity contribution in [1.29, 1.82) is 0 Å². The van der Waals surface area contributed by atoms with Gasteiger partial charge in [-0.2, -0.15) is 0 Å². The molecule has 1 aliphatic heterocycles. The van der Waals surface area contributed by atoms with Crippen LogP contribution in [-0.2, 0) is 29.3 Å². The highest BCUT2D eigenvalue weighted by Gasteiger charge is 2.42. The zero-order chi connectivity index (χ0) is 32.0. The van der Waals surface area contributed by atoms with Crippen LogP contribution in [-0.4, -0.2) is 85.4 Å². The highest BCUT2D eigenvalue weighted by molar-refractivity contribution is 5.97. The van der Waals surface area contributed by atoms with Crippen LogP contribution in [0.5, 0.6) is 0 Å². The maximum atomic E-state index is 14.1. The van der Waals surface area contributed by atoms with Gasteiger partial charge in [-0.05, 0) is 30.9 Å². The molecule has 9 nitrogen and oxygen atoms in total. The number of likely N-dealkylation sites (N-methyl/N-ethyl adjacent to an activating group) is 2. The predicted molar refractivity (Wildman–Crippen MR) is 166 cm³/mol. The van der Waals surface area contributed by atoms with Crippen molar-refractivity contribution in [3.05, 3.63) is 59.7 Å². The molecule has 0 aliphatic carbocycles. The van der Waals surface area contributed by atoms with Crippen LogP contribution >= 0.6 is 0 Å². The van der Waals surface area contributed by atoms with E-state index >= 15 is 0 Å². The fourth-order valence-electron chi connectivity index (χ4n) is 5.44. The Hall–Kier alpha value is -3.46. The Morgan fingerprint density at radius 1 is 1.05 bits per heavy atom. The van der Waals surface area contributed by atoms with Gasteiger partial charge in [0.05, 0.1) is 19.2 Å². The molecule has 0 aromatic heterocycles. The Morgan fingerprint density at radius 2 is 1.64 bits per heavy atom. The summed E-state index contributed by atoms with van der Waals surface area (Å²) >= 11 is 0. The van der Waals surface area contributed by atoms with Crippen molar-refractivity contribution in [3.8, 4) is 0 Å². The van der Waals surface area contributed by atoms with Crippen molar-refractivity contribution >= 4 is 23.7 Å². The lowest BCUT2D eigenvalue weighted by Crippen LogP contribution is -2.61. The van der Waals surface area contributed by atoms with E-state index in [1.165, 1.54) is 12.0 Å². The molecule has 232 valence electrons. The number of amides is 3. The topological polar surface area (TPSA) is 108 Å². The molecule has 0 saturated heterocycles. The number of hydrogen-bond acceptors (Lipinski definition) is 6. The lowest BCUT2D eigenvalue weighted by atomic mass is 9.76. The van der Waals surface area contributed by atoms with Gasteiger partial charge in [0.25, 0.3) is 5.91 Å². The molecule has 0 spiro atoms. The lowest BCUT2D eigenvalue weighted by Gasteiger charge is -2.40. The number of ether oxygens (including phenoxy) is 1. The Kier molecular flexibility index (Phi) is 11.7. The van der Waals surface area contributed by atoms with Gasteiger partial charge < -0.3 is 25.2 Å². The van der Waals surface area contributed by atoms with E-state index in [0.29, 0.717) is 12.1 Å². The summed E-state index contributed by atoms with van der Waals surface area (Å²) < 4.78 is 4.85.